The van der Waals surface area contributed by atoms with E-state index in [9.17, 15) is 0 Å². The maximum atomic E-state index is 3.47. The molecule has 48 valence electrons. The Hall–Kier alpha value is 1.30. The van der Waals surface area contributed by atoms with Crippen molar-refractivity contribution in [1.82, 2.24) is 0 Å². The van der Waals surface area contributed by atoms with Gasteiger partial charge in [-0.25, -0.2) is 0 Å². The summed E-state index contributed by atoms with van der Waals surface area (Å²) in [6.45, 7) is 3.47. The number of rotatable bonds is 1. The van der Waals surface area contributed by atoms with Gasteiger partial charge in [0.25, 0.3) is 0 Å². The maximum Gasteiger partial charge on any atom is -1.00 e. The third-order valence-electron chi connectivity index (χ3n) is 0.0913. The maximum absolute atomic E-state index is 3.47. The molecule has 0 unspecified atom stereocenters. The predicted octanol–water partition coefficient (Wildman–Crippen LogP) is -7.85. The Kier molecular flexibility index (Phi) is 91.0. The number of allylic oxidation sites excluding steroid dienone is 1. The van der Waals surface area contributed by atoms with Crippen LogP contribution in [0.4, 0.5) is 0 Å². The fourth-order valence-corrected chi connectivity index (χ4v) is 0. The van der Waals surface area contributed by atoms with Crippen molar-refractivity contribution in [2.75, 3.05) is 0 Å². The molecule has 0 nitrogen and oxygen atoms in total. The smallest absolute Gasteiger partial charge is 1.00 e. The minimum atomic E-state index is 0. The first-order chi connectivity index (χ1) is 1.91. The summed E-state index contributed by atoms with van der Waals surface area (Å²) < 4.78 is 0. The monoisotopic (exact) mass is 341 g/mol. The van der Waals surface area contributed by atoms with E-state index in [1.54, 1.807) is 0 Å². The van der Waals surface area contributed by atoms with Gasteiger partial charge in [-0.05, 0) is 0 Å². The van der Waals surface area contributed by atoms with Crippen LogP contribution in [0.25, 0.3) is 0 Å². The molecule has 0 bridgehead atoms. The van der Waals surface area contributed by atoms with Crippen molar-refractivity contribution in [3.63, 3.8) is 0 Å². The van der Waals surface area contributed by atoms with Crippen molar-refractivity contribution in [1.29, 1.82) is 0 Å². The van der Waals surface area contributed by atoms with Crippen LogP contribution in [0.15, 0.2) is 12.7 Å². The van der Waals surface area contributed by atoms with E-state index >= 15 is 0 Å². The average Bonchev–Trinajstić information content (AvgIpc) is 1.37. The third-order valence-corrected chi connectivity index (χ3v) is 0.747. The molecule has 0 atom stereocenters. The molecule has 0 aromatic rings. The summed E-state index contributed by atoms with van der Waals surface area (Å²) in [5.74, 6) is 0. The topological polar surface area (TPSA) is 0 Å². The van der Waals surface area contributed by atoms with Gasteiger partial charge in [-0.15, -0.1) is 0 Å². The predicted molar refractivity (Wildman–Crippen MR) is 15.0 cm³/mol. The third kappa shape index (κ3) is 38.8. The second-order valence-corrected chi connectivity index (χ2v) is 1.35. The average molecular weight is 343 g/mol. The van der Waals surface area contributed by atoms with Crippen molar-refractivity contribution in [2.45, 2.75) is 4.81 Å². The summed E-state index contributed by atoms with van der Waals surface area (Å²) in [4.78, 5) is 1.06. The SMILES string of the molecule is C=C[CH2][Pt+3].[Cl-].[Cl-].[Cl-]. The second-order valence-electron chi connectivity index (χ2n) is 0.418. The normalized spacial score (nSPS) is 3.57. The minimum Gasteiger partial charge on any atom is -1.00 e. The van der Waals surface area contributed by atoms with Crippen LogP contribution in [0.5, 0.6) is 0 Å². The van der Waals surface area contributed by atoms with Gasteiger partial charge in [0.1, 0.15) is 0 Å². The number of halogens is 3. The van der Waals surface area contributed by atoms with Gasteiger partial charge in [0.2, 0.25) is 0 Å². The Balaban J connectivity index is -0.0000000150. The van der Waals surface area contributed by atoms with Crippen LogP contribution in [0.3, 0.4) is 0 Å². The van der Waals surface area contributed by atoms with E-state index in [2.05, 4.69) is 26.4 Å². The molecule has 0 rings (SSSR count). The van der Waals surface area contributed by atoms with Crippen LogP contribution in [0.1, 0.15) is 0 Å². The van der Waals surface area contributed by atoms with Crippen LogP contribution in [0, 0.1) is 0 Å². The van der Waals surface area contributed by atoms with Gasteiger partial charge in [-0.1, -0.05) is 0 Å². The Bertz CT molecular complexity index is 24.1. The molecule has 0 aliphatic carbocycles. The molecular formula is C3H5Cl3Pt. The van der Waals surface area contributed by atoms with Crippen LogP contribution in [-0.2, 0) is 19.8 Å². The van der Waals surface area contributed by atoms with Gasteiger partial charge < -0.3 is 37.2 Å². The molecule has 4 heteroatoms. The molecule has 0 spiro atoms. The van der Waals surface area contributed by atoms with Crippen molar-refractivity contribution in [3.05, 3.63) is 12.7 Å². The van der Waals surface area contributed by atoms with E-state index in [4.69, 9.17) is 0 Å². The zero-order chi connectivity index (χ0) is 3.41. The summed E-state index contributed by atoms with van der Waals surface area (Å²) in [5, 5.41) is 0. The summed E-state index contributed by atoms with van der Waals surface area (Å²) in [5.41, 5.74) is 0. The van der Waals surface area contributed by atoms with E-state index in [0.29, 0.717) is 0 Å². The first-order valence-electron chi connectivity index (χ1n) is 1.04. The molecule has 0 N–H and O–H groups in total. The van der Waals surface area contributed by atoms with Gasteiger partial charge in [0, 0.05) is 0 Å². The van der Waals surface area contributed by atoms with E-state index < -0.39 is 0 Å². The first-order valence-corrected chi connectivity index (χ1v) is 2.65. The van der Waals surface area contributed by atoms with Gasteiger partial charge in [-0.2, -0.15) is 0 Å². The Morgan fingerprint density at radius 1 is 1.29 bits per heavy atom. The Morgan fingerprint density at radius 3 is 1.43 bits per heavy atom. The van der Waals surface area contributed by atoms with Crippen molar-refractivity contribution in [3.8, 4) is 0 Å². The fraction of sp³-hybridized carbons (Fsp3) is 0.333. The van der Waals surface area contributed by atoms with E-state index in [-0.39, 0.29) is 37.2 Å². The van der Waals surface area contributed by atoms with Crippen LogP contribution >= 0.6 is 0 Å². The molecule has 0 aromatic carbocycles. The molecule has 0 fully saturated rings. The van der Waals surface area contributed by atoms with Crippen LogP contribution in [-0.4, -0.2) is 0 Å². The van der Waals surface area contributed by atoms with Gasteiger partial charge in [0.05, 0.1) is 0 Å². The zero-order valence-corrected chi connectivity index (χ0v) is 7.98. The standard InChI is InChI=1S/C3H5.3ClH.Pt/c1-3-2;;;;/h3H,1-2H2;3*1H;/q;;;;+3/p-3. The van der Waals surface area contributed by atoms with Gasteiger partial charge >= 0.3 is 37.3 Å². The van der Waals surface area contributed by atoms with Crippen molar-refractivity contribution < 1.29 is 57.0 Å². The number of hydrogen-bond acceptors (Lipinski definition) is 0. The number of hydrogen-bond donors (Lipinski definition) is 0. The van der Waals surface area contributed by atoms with Gasteiger partial charge in [0.15, 0.2) is 0 Å². The van der Waals surface area contributed by atoms with Crippen LogP contribution in [0.2, 0.25) is 4.81 Å². The van der Waals surface area contributed by atoms with E-state index in [1.165, 1.54) is 0 Å². The first kappa shape index (κ1) is 23.9. The second kappa shape index (κ2) is 26.6. The molecule has 0 amide bonds. The quantitative estimate of drug-likeness (QED) is 0.416. The molecule has 0 saturated heterocycles. The summed E-state index contributed by atoms with van der Waals surface area (Å²) in [7, 11) is 0. The summed E-state index contributed by atoms with van der Waals surface area (Å²) >= 11 is 2.22. The van der Waals surface area contributed by atoms with E-state index in [0.717, 1.165) is 4.81 Å². The molecule has 0 aliphatic rings. The van der Waals surface area contributed by atoms with Crippen molar-refractivity contribution >= 4 is 0 Å². The molecule has 0 heterocycles. The largest absolute Gasteiger partial charge is 1.00 e. The van der Waals surface area contributed by atoms with Gasteiger partial charge in [-0.3, -0.25) is 0 Å². The minimum absolute atomic E-state index is 0. The Labute approximate surface area is 74.3 Å². The van der Waals surface area contributed by atoms with Crippen LogP contribution < -0.4 is 37.2 Å². The summed E-state index contributed by atoms with van der Waals surface area (Å²) in [6, 6.07) is 0. The van der Waals surface area contributed by atoms with E-state index in [1.807, 2.05) is 6.08 Å². The molecule has 0 saturated carbocycles. The Morgan fingerprint density at radius 2 is 1.43 bits per heavy atom. The summed E-state index contributed by atoms with van der Waals surface area (Å²) in [6.07, 6.45) is 1.86. The zero-order valence-electron chi connectivity index (χ0n) is 3.44. The molecule has 7 heavy (non-hydrogen) atoms. The van der Waals surface area contributed by atoms with Crippen molar-refractivity contribution in [2.24, 2.45) is 0 Å². The molecular weight excluding hydrogens is 337 g/mol. The molecule has 0 aromatic heterocycles. The molecule has 0 aliphatic heterocycles. The fourth-order valence-electron chi connectivity index (χ4n) is 0. The molecule has 0 radical (unpaired) electrons.